The van der Waals surface area contributed by atoms with Gasteiger partial charge in [0.15, 0.2) is 0 Å². The monoisotopic (exact) mass is 1650 g/mol. The largest absolute Gasteiger partial charge is 0.481 e. The summed E-state index contributed by atoms with van der Waals surface area (Å²) in [6, 6.07) is -8.95. The maximum Gasteiger partial charge on any atom is 0.303 e. The fourth-order valence-electron chi connectivity index (χ4n) is 15.9. The topological polar surface area (TPSA) is 530 Å². The molecule has 4 aliphatic heterocycles. The number of nitrogens with two attached hydrogens (primary N) is 1. The number of rotatable bonds is 19. The molecule has 7 rings (SSSR count). The van der Waals surface area contributed by atoms with Crippen molar-refractivity contribution in [1.82, 2.24) is 79.8 Å². The molecule has 3 saturated heterocycles. The summed E-state index contributed by atoms with van der Waals surface area (Å²) in [6.45, 7) is 15.1. The van der Waals surface area contributed by atoms with Gasteiger partial charge in [-0.05, 0) is 175 Å². The van der Waals surface area contributed by atoms with Crippen molar-refractivity contribution in [3.63, 3.8) is 0 Å². The van der Waals surface area contributed by atoms with E-state index >= 15 is 19.2 Å². The van der Waals surface area contributed by atoms with Gasteiger partial charge in [-0.3, -0.25) is 62.3 Å². The molecule has 0 spiro atoms. The van der Waals surface area contributed by atoms with E-state index in [9.17, 15) is 68.7 Å². The van der Waals surface area contributed by atoms with E-state index in [0.29, 0.717) is 94.8 Å². The van der Waals surface area contributed by atoms with Gasteiger partial charge in [-0.15, -0.1) is 0 Å². The van der Waals surface area contributed by atoms with E-state index < -0.39 is 198 Å². The summed E-state index contributed by atoms with van der Waals surface area (Å²) >= 11 is 2.74. The van der Waals surface area contributed by atoms with Crippen molar-refractivity contribution in [2.75, 3.05) is 37.8 Å². The van der Waals surface area contributed by atoms with Gasteiger partial charge >= 0.3 is 5.97 Å². The maximum absolute atomic E-state index is 15.3. The highest BCUT2D eigenvalue weighted by atomic mass is 32.2. The first-order valence-corrected chi connectivity index (χ1v) is 43.6. The Labute approximate surface area is 683 Å². The first kappa shape index (κ1) is 94.9. The molecule has 4 heterocycles. The number of fused-ring (bicyclic) bond motifs is 3. The zero-order chi connectivity index (χ0) is 84.2. The van der Waals surface area contributed by atoms with Crippen LogP contribution in [0.15, 0.2) is 24.3 Å². The SMILES string of the molecule is CCC[C@@H]1NC(=O)[C@H](CC2CNC3NCCCC23)NC(=O)[C@H]([C@H](O)C(C)C)NC(=O)[C@H](CC2CNCN2)NC(=O)[C@H](CC2CCC(O)CC2)NC(=O)[C@H](C(C)(C)C)NC(=O)CCSCc2cccc(c2)CSC[C@@H](C(N)=O)NC(=O)[C@H]([C@@H](C)O)NC(=O)[C@H](CCC)NC(=O)[C@H](CC2CCC(O)CC2)NC(=O)[C@H](CCC(=O)O)NC1=O. The Kier molecular flexibility index (Phi) is 38.6. The number of amides is 12. The van der Waals surface area contributed by atoms with Crippen LogP contribution in [0, 0.1) is 35.0 Å². The van der Waals surface area contributed by atoms with Crippen LogP contribution in [-0.4, -0.2) is 243 Å². The van der Waals surface area contributed by atoms with E-state index in [0.717, 1.165) is 30.5 Å². The number of primary amides is 1. The van der Waals surface area contributed by atoms with E-state index in [1.54, 1.807) is 48.5 Å². The molecule has 36 heteroatoms. The number of aliphatic hydroxyl groups excluding tert-OH is 4. The number of hydrogen-bond donors (Lipinski definition) is 21. The lowest BCUT2D eigenvalue weighted by molar-refractivity contribution is -0.139. The van der Waals surface area contributed by atoms with Gasteiger partial charge < -0.3 is 111 Å². The highest BCUT2D eigenvalue weighted by molar-refractivity contribution is 7.98. The summed E-state index contributed by atoms with van der Waals surface area (Å²) in [7, 11) is 0. The number of carboxylic acids is 1. The molecule has 2 saturated carbocycles. The van der Waals surface area contributed by atoms with Crippen LogP contribution in [0.1, 0.15) is 201 Å². The van der Waals surface area contributed by atoms with Crippen molar-refractivity contribution in [2.24, 2.45) is 40.7 Å². The lowest BCUT2D eigenvalue weighted by Crippen LogP contribution is -2.63. The van der Waals surface area contributed by atoms with Crippen LogP contribution in [0.3, 0.4) is 0 Å². The first-order valence-electron chi connectivity index (χ1n) is 41.3. The molecule has 646 valence electrons. The van der Waals surface area contributed by atoms with Crippen molar-refractivity contribution < 1.29 is 87.9 Å². The van der Waals surface area contributed by atoms with Gasteiger partial charge in [-0.1, -0.05) is 85.6 Å². The maximum atomic E-state index is 15.3. The van der Waals surface area contributed by atoms with E-state index in [4.69, 9.17) is 5.73 Å². The molecule has 1 aromatic carbocycles. The zero-order valence-corrected chi connectivity index (χ0v) is 69.6. The normalized spacial score (nSPS) is 32.1. The second kappa shape index (κ2) is 46.7. The lowest BCUT2D eigenvalue weighted by Gasteiger charge is -2.34. The fourth-order valence-corrected chi connectivity index (χ4v) is 17.8. The lowest BCUT2D eigenvalue weighted by atomic mass is 9.82. The van der Waals surface area contributed by atoms with E-state index in [-0.39, 0.29) is 87.0 Å². The van der Waals surface area contributed by atoms with Crippen LogP contribution in [-0.2, 0) is 73.8 Å². The summed E-state index contributed by atoms with van der Waals surface area (Å²) in [4.78, 5) is 188. The number of benzene rings is 1. The minimum Gasteiger partial charge on any atom is -0.481 e. The molecule has 17 atom stereocenters. The van der Waals surface area contributed by atoms with E-state index in [2.05, 4.69) is 79.8 Å². The van der Waals surface area contributed by atoms with E-state index in [1.807, 2.05) is 24.3 Å². The molecule has 2 aliphatic carbocycles. The molecule has 1 aromatic rings. The third kappa shape index (κ3) is 30.5. The average Bonchev–Trinajstić information content (AvgIpc) is 1.77. The molecule has 34 nitrogen and oxygen atoms in total. The smallest absolute Gasteiger partial charge is 0.303 e. The highest BCUT2D eigenvalue weighted by Gasteiger charge is 2.45. The fraction of sp³-hybridized carbons (Fsp3) is 0.759. The number of carboxylic acid groups (broad SMARTS) is 1. The molecular weight excluding hydrogens is 1530 g/mol. The van der Waals surface area contributed by atoms with Crippen molar-refractivity contribution in [1.29, 1.82) is 0 Å². The summed E-state index contributed by atoms with van der Waals surface area (Å²) in [5.74, 6) is -11.9. The summed E-state index contributed by atoms with van der Waals surface area (Å²) in [6.07, 6.45) is -0.122. The van der Waals surface area contributed by atoms with Gasteiger partial charge in [-0.25, -0.2) is 0 Å². The van der Waals surface area contributed by atoms with Crippen LogP contribution in [0.2, 0.25) is 0 Å². The Morgan fingerprint density at radius 2 is 1.02 bits per heavy atom. The predicted molar refractivity (Wildman–Crippen MR) is 433 cm³/mol. The molecule has 5 fully saturated rings. The summed E-state index contributed by atoms with van der Waals surface area (Å²) in [5.41, 5.74) is 6.68. The van der Waals surface area contributed by atoms with E-state index in [1.165, 1.54) is 30.4 Å². The minimum atomic E-state index is -1.79. The number of aliphatic carboxylic acids is 1. The first-order chi connectivity index (χ1) is 54.6. The third-order valence-electron chi connectivity index (χ3n) is 22.7. The Bertz CT molecular complexity index is 3430. The minimum absolute atomic E-state index is 0.00639. The standard InChI is InChI=1S/C79H130N16O18S2/c1-9-13-53-69(104)87-55(26-27-62(100)101)70(105)88-56(32-44-18-22-50(97)23-19-44)72(107)86-54(14-10-2)71(106)94-63(43(5)96)76(111)92-60(67(80)103)40-115-39-47-16-11-15-46(31-47)38-114-30-28-61(99)93-66(79(6,7)8)78(113)91-57(33-45-20-24-51(98)25-21-45)73(108)89-59(35-49-37-81-41-84-49)75(110)95-64(65(102)42(3)4)77(112)90-58(74(109)85-53)34-48-36-83-68-52(48)17-12-29-82-68/h11,15-16,31,42-45,48-60,63-66,68,81-84,96-98,102H,9-10,12-14,17-30,32-41H2,1-8H3,(H2,80,103)(H,85,109)(H,86,107)(H,87,104)(H,88,105)(H,89,108)(H,90,112)(H,91,113)(H,92,111)(H,93,99)(H,94,106)(H,95,110)(H,100,101)/t43-,44?,45?,48?,49?,50?,51?,52?,53+,54+,55+,56+,57+,58+,59+,60+,63+,64+,65-,66-,68?/m1/s1. The quantitative estimate of drug-likeness (QED) is 0.0791. The van der Waals surface area contributed by atoms with Crippen LogP contribution >= 0.6 is 23.5 Å². The molecule has 115 heavy (non-hydrogen) atoms. The molecular formula is C79H130N16O18S2. The zero-order valence-electron chi connectivity index (χ0n) is 68.0. The van der Waals surface area contributed by atoms with Gasteiger partial charge in [0.25, 0.3) is 0 Å². The number of carbonyl (C=O) groups is 13. The molecule has 0 aromatic heterocycles. The van der Waals surface area contributed by atoms with Gasteiger partial charge in [0, 0.05) is 55.1 Å². The number of hydrogen-bond acceptors (Lipinski definition) is 23. The van der Waals surface area contributed by atoms with Gasteiger partial charge in [0.2, 0.25) is 70.9 Å². The highest BCUT2D eigenvalue weighted by Crippen LogP contribution is 2.34. The van der Waals surface area contributed by atoms with Gasteiger partial charge in [-0.2, -0.15) is 23.5 Å². The van der Waals surface area contributed by atoms with Crippen molar-refractivity contribution in [2.45, 2.75) is 305 Å². The number of carbonyl (C=O) groups excluding carboxylic acids is 12. The van der Waals surface area contributed by atoms with Gasteiger partial charge in [0.05, 0.1) is 30.6 Å². The second-order valence-electron chi connectivity index (χ2n) is 33.6. The van der Waals surface area contributed by atoms with Crippen molar-refractivity contribution in [3.8, 4) is 0 Å². The van der Waals surface area contributed by atoms with Crippen LogP contribution in [0.4, 0.5) is 0 Å². The summed E-state index contributed by atoms with van der Waals surface area (Å²) in [5, 5.41) is 97.7. The molecule has 12 amide bonds. The van der Waals surface area contributed by atoms with Crippen molar-refractivity contribution in [3.05, 3.63) is 35.4 Å². The Morgan fingerprint density at radius 1 is 0.539 bits per heavy atom. The number of thioether (sulfide) groups is 2. The molecule has 4 unspecified atom stereocenters. The average molecular weight is 1660 g/mol. The third-order valence-corrected chi connectivity index (χ3v) is 24.9. The van der Waals surface area contributed by atoms with Crippen LogP contribution in [0.5, 0.6) is 0 Å². The van der Waals surface area contributed by atoms with Crippen molar-refractivity contribution >= 4 is 100 Å². The number of nitrogens with one attached hydrogen (secondary N) is 15. The Hall–Kier alpha value is -7.29. The summed E-state index contributed by atoms with van der Waals surface area (Å²) < 4.78 is 0. The molecule has 0 radical (unpaired) electrons. The Morgan fingerprint density at radius 3 is 1.53 bits per heavy atom. The molecule has 6 aliphatic rings. The van der Waals surface area contributed by atoms with Gasteiger partial charge in [0.1, 0.15) is 66.5 Å². The predicted octanol–water partition coefficient (Wildman–Crippen LogP) is -0.990. The molecule has 2 bridgehead atoms. The van der Waals surface area contributed by atoms with Crippen LogP contribution < -0.4 is 85.5 Å². The molecule has 22 N–H and O–H groups in total. The number of piperidine rings is 1. The second-order valence-corrected chi connectivity index (χ2v) is 35.7. The van der Waals surface area contributed by atoms with Crippen LogP contribution in [0.25, 0.3) is 0 Å². The Balaban J connectivity index is 1.24. The number of aliphatic hydroxyl groups is 4.